The van der Waals surface area contributed by atoms with Crippen LogP contribution in [0.15, 0.2) is 17.3 Å². The molecule has 1 rings (SSSR count). The quantitative estimate of drug-likeness (QED) is 0.565. The molecule has 0 saturated heterocycles. The van der Waals surface area contributed by atoms with Gasteiger partial charge in [-0.3, -0.25) is 4.99 Å². The van der Waals surface area contributed by atoms with Gasteiger partial charge in [-0.2, -0.15) is 0 Å². The van der Waals surface area contributed by atoms with Crippen molar-refractivity contribution in [2.75, 3.05) is 6.26 Å². The Labute approximate surface area is 53.1 Å². The van der Waals surface area contributed by atoms with Gasteiger partial charge in [-0.05, 0) is 12.3 Å². The Morgan fingerprint density at radius 2 is 2.62 bits per heavy atom. The maximum atomic E-state index is 4.09. The molecular formula is C5H8N2S. The van der Waals surface area contributed by atoms with Crippen LogP contribution in [0.3, 0.4) is 0 Å². The summed E-state index contributed by atoms with van der Waals surface area (Å²) < 4.78 is 0. The van der Waals surface area contributed by atoms with E-state index in [1.165, 1.54) is 0 Å². The van der Waals surface area contributed by atoms with E-state index in [9.17, 15) is 0 Å². The first-order valence-electron chi connectivity index (χ1n) is 2.40. The molecule has 8 heavy (non-hydrogen) atoms. The number of nitrogens with zero attached hydrogens (tertiary/aromatic N) is 1. The molecule has 1 atom stereocenters. The van der Waals surface area contributed by atoms with E-state index < -0.39 is 0 Å². The second kappa shape index (κ2) is 2.77. The van der Waals surface area contributed by atoms with Gasteiger partial charge < -0.3 is 5.32 Å². The second-order valence-corrected chi connectivity index (χ2v) is 2.38. The van der Waals surface area contributed by atoms with E-state index in [1.807, 2.05) is 18.5 Å². The minimum Gasteiger partial charge on any atom is -0.353 e. The van der Waals surface area contributed by atoms with Crippen molar-refractivity contribution in [2.45, 2.75) is 5.37 Å². The van der Waals surface area contributed by atoms with E-state index in [0.717, 1.165) is 0 Å². The van der Waals surface area contributed by atoms with Gasteiger partial charge in [0.2, 0.25) is 0 Å². The van der Waals surface area contributed by atoms with Crippen molar-refractivity contribution < 1.29 is 0 Å². The Morgan fingerprint density at radius 1 is 1.75 bits per heavy atom. The lowest BCUT2D eigenvalue weighted by Gasteiger charge is -2.05. The summed E-state index contributed by atoms with van der Waals surface area (Å²) in [5.41, 5.74) is 0. The minimum absolute atomic E-state index is 0.330. The predicted octanol–water partition coefficient (Wildman–Crippen LogP) is 0.821. The van der Waals surface area contributed by atoms with E-state index >= 15 is 0 Å². The molecule has 0 fully saturated rings. The van der Waals surface area contributed by atoms with Crippen LogP contribution in [0, 0.1) is 0 Å². The smallest absolute Gasteiger partial charge is 0.117 e. The van der Waals surface area contributed by atoms with Crippen molar-refractivity contribution >= 4 is 18.1 Å². The second-order valence-electron chi connectivity index (χ2n) is 1.43. The zero-order chi connectivity index (χ0) is 5.82. The number of aliphatic imine (C=N–C) groups is 1. The predicted molar refractivity (Wildman–Crippen MR) is 38.1 cm³/mol. The Morgan fingerprint density at radius 3 is 3.00 bits per heavy atom. The van der Waals surface area contributed by atoms with Gasteiger partial charge in [0.25, 0.3) is 0 Å². The highest BCUT2D eigenvalue weighted by Gasteiger charge is 1.97. The SMILES string of the molecule is CSC1C=CNC=N1. The normalized spacial score (nSPS) is 25.4. The maximum Gasteiger partial charge on any atom is 0.117 e. The molecule has 0 aromatic rings. The summed E-state index contributed by atoms with van der Waals surface area (Å²) in [4.78, 5) is 4.09. The van der Waals surface area contributed by atoms with Crippen LogP contribution in [-0.2, 0) is 0 Å². The van der Waals surface area contributed by atoms with Crippen LogP contribution >= 0.6 is 11.8 Å². The van der Waals surface area contributed by atoms with Gasteiger partial charge in [0, 0.05) is 6.20 Å². The minimum atomic E-state index is 0.330. The molecule has 0 spiro atoms. The van der Waals surface area contributed by atoms with Gasteiger partial charge in [-0.25, -0.2) is 0 Å². The average Bonchev–Trinajstić information content (AvgIpc) is 1.90. The van der Waals surface area contributed by atoms with Gasteiger partial charge in [0.05, 0.1) is 6.34 Å². The van der Waals surface area contributed by atoms with E-state index in [0.29, 0.717) is 5.37 Å². The summed E-state index contributed by atoms with van der Waals surface area (Å²) in [7, 11) is 0. The van der Waals surface area contributed by atoms with Crippen LogP contribution in [-0.4, -0.2) is 18.0 Å². The summed E-state index contributed by atoms with van der Waals surface area (Å²) in [5.74, 6) is 0. The Kier molecular flexibility index (Phi) is 1.97. The molecule has 3 heteroatoms. The Hall–Kier alpha value is -0.440. The summed E-state index contributed by atoms with van der Waals surface area (Å²) in [5, 5.41) is 3.19. The highest BCUT2D eigenvalue weighted by atomic mass is 32.2. The fourth-order valence-corrected chi connectivity index (χ4v) is 0.905. The lowest BCUT2D eigenvalue weighted by atomic mass is 10.6. The lowest BCUT2D eigenvalue weighted by Crippen LogP contribution is -2.10. The number of nitrogens with one attached hydrogen (secondary N) is 1. The Balaban J connectivity index is 2.42. The van der Waals surface area contributed by atoms with Crippen LogP contribution in [0.2, 0.25) is 0 Å². The van der Waals surface area contributed by atoms with Crippen molar-refractivity contribution in [1.82, 2.24) is 5.32 Å². The molecule has 1 aliphatic heterocycles. The molecule has 1 unspecified atom stereocenters. The fraction of sp³-hybridized carbons (Fsp3) is 0.400. The van der Waals surface area contributed by atoms with Crippen LogP contribution in [0.5, 0.6) is 0 Å². The number of hydrogen-bond acceptors (Lipinski definition) is 3. The van der Waals surface area contributed by atoms with Crippen LogP contribution in [0.4, 0.5) is 0 Å². The summed E-state index contributed by atoms with van der Waals surface area (Å²) in [6.07, 6.45) is 7.66. The summed E-state index contributed by atoms with van der Waals surface area (Å²) in [6.45, 7) is 0. The molecule has 2 nitrogen and oxygen atoms in total. The summed E-state index contributed by atoms with van der Waals surface area (Å²) >= 11 is 1.72. The van der Waals surface area contributed by atoms with Gasteiger partial charge in [-0.1, -0.05) is 0 Å². The largest absolute Gasteiger partial charge is 0.353 e. The molecule has 1 heterocycles. The van der Waals surface area contributed by atoms with Crippen molar-refractivity contribution in [2.24, 2.45) is 4.99 Å². The van der Waals surface area contributed by atoms with E-state index in [1.54, 1.807) is 18.1 Å². The van der Waals surface area contributed by atoms with Crippen molar-refractivity contribution in [3.8, 4) is 0 Å². The first kappa shape index (κ1) is 5.69. The van der Waals surface area contributed by atoms with Gasteiger partial charge >= 0.3 is 0 Å². The van der Waals surface area contributed by atoms with E-state index in [4.69, 9.17) is 0 Å². The highest BCUT2D eigenvalue weighted by molar-refractivity contribution is 7.99. The molecule has 0 amide bonds. The molecule has 0 radical (unpaired) electrons. The van der Waals surface area contributed by atoms with Crippen LogP contribution < -0.4 is 5.32 Å². The van der Waals surface area contributed by atoms with Crippen molar-refractivity contribution in [3.63, 3.8) is 0 Å². The number of hydrogen-bond donors (Lipinski definition) is 1. The van der Waals surface area contributed by atoms with Gasteiger partial charge in [0.1, 0.15) is 5.37 Å². The van der Waals surface area contributed by atoms with Crippen molar-refractivity contribution in [1.29, 1.82) is 0 Å². The highest BCUT2D eigenvalue weighted by Crippen LogP contribution is 2.09. The van der Waals surface area contributed by atoms with Crippen molar-refractivity contribution in [3.05, 3.63) is 12.3 Å². The molecule has 0 aliphatic carbocycles. The standard InChI is InChI=1S/C5H8N2S/c1-8-5-2-3-6-4-7-5/h2-5H,1H3,(H,6,7). The molecule has 0 aromatic carbocycles. The number of rotatable bonds is 1. The van der Waals surface area contributed by atoms with Crippen LogP contribution in [0.1, 0.15) is 0 Å². The lowest BCUT2D eigenvalue weighted by molar-refractivity contribution is 1.08. The molecular weight excluding hydrogens is 120 g/mol. The zero-order valence-electron chi connectivity index (χ0n) is 4.66. The van der Waals surface area contributed by atoms with E-state index in [2.05, 4.69) is 10.3 Å². The Bertz CT molecular complexity index is 108. The third-order valence-electron chi connectivity index (χ3n) is 0.895. The molecule has 0 aromatic heterocycles. The maximum absolute atomic E-state index is 4.09. The molecule has 0 bridgehead atoms. The molecule has 44 valence electrons. The first-order valence-corrected chi connectivity index (χ1v) is 3.69. The molecule has 1 aliphatic rings. The van der Waals surface area contributed by atoms with Crippen LogP contribution in [0.25, 0.3) is 0 Å². The average molecular weight is 128 g/mol. The number of thioether (sulfide) groups is 1. The summed E-state index contributed by atoms with van der Waals surface area (Å²) in [6, 6.07) is 0. The van der Waals surface area contributed by atoms with Gasteiger partial charge in [-0.15, -0.1) is 11.8 Å². The zero-order valence-corrected chi connectivity index (χ0v) is 5.48. The van der Waals surface area contributed by atoms with Gasteiger partial charge in [0.15, 0.2) is 0 Å². The topological polar surface area (TPSA) is 24.4 Å². The molecule has 1 N–H and O–H groups in total. The molecule has 0 saturated carbocycles. The third kappa shape index (κ3) is 1.26. The first-order chi connectivity index (χ1) is 3.93. The van der Waals surface area contributed by atoms with E-state index in [-0.39, 0.29) is 0 Å². The monoisotopic (exact) mass is 128 g/mol. The third-order valence-corrected chi connectivity index (χ3v) is 1.66. The fourth-order valence-electron chi connectivity index (χ4n) is 0.487.